The van der Waals surface area contributed by atoms with E-state index in [2.05, 4.69) is 16.8 Å². The van der Waals surface area contributed by atoms with Crippen LogP contribution in [0.25, 0.3) is 11.5 Å². The molecule has 1 aliphatic rings. The third-order valence-corrected chi connectivity index (χ3v) is 4.14. The highest BCUT2D eigenvalue weighted by Crippen LogP contribution is 2.22. The number of piperidine rings is 1. The maximum atomic E-state index is 11.3. The van der Waals surface area contributed by atoms with Gasteiger partial charge >= 0.3 is 0 Å². The molecular formula is C17H21N3O2. The van der Waals surface area contributed by atoms with Crippen molar-refractivity contribution in [2.75, 3.05) is 13.1 Å². The second-order valence-electron chi connectivity index (χ2n) is 5.99. The summed E-state index contributed by atoms with van der Waals surface area (Å²) in [5.41, 5.74) is 8.49. The van der Waals surface area contributed by atoms with E-state index in [0.29, 0.717) is 19.0 Å². The smallest absolute Gasteiger partial charge is 0.226 e. The van der Waals surface area contributed by atoms with Gasteiger partial charge in [-0.2, -0.15) is 0 Å². The minimum absolute atomic E-state index is 0.0442. The lowest BCUT2D eigenvalue weighted by Crippen LogP contribution is -2.40. The van der Waals surface area contributed by atoms with E-state index in [0.717, 1.165) is 30.6 Å². The molecule has 0 aliphatic carbocycles. The second kappa shape index (κ2) is 6.32. The molecule has 1 saturated heterocycles. The molecule has 0 saturated carbocycles. The zero-order chi connectivity index (χ0) is 15.5. The summed E-state index contributed by atoms with van der Waals surface area (Å²) in [4.78, 5) is 18.1. The molecule has 0 radical (unpaired) electrons. The van der Waals surface area contributed by atoms with Crippen molar-refractivity contribution in [3.05, 3.63) is 41.8 Å². The van der Waals surface area contributed by atoms with Gasteiger partial charge in [-0.05, 0) is 38.4 Å². The van der Waals surface area contributed by atoms with Crippen LogP contribution >= 0.6 is 0 Å². The monoisotopic (exact) mass is 299 g/mol. The number of carbonyl (C=O) groups is 1. The van der Waals surface area contributed by atoms with Crippen molar-refractivity contribution in [1.82, 2.24) is 9.88 Å². The van der Waals surface area contributed by atoms with Gasteiger partial charge in [0.25, 0.3) is 0 Å². The largest absolute Gasteiger partial charge is 0.444 e. The quantitative estimate of drug-likeness (QED) is 0.940. The van der Waals surface area contributed by atoms with E-state index >= 15 is 0 Å². The Kier molecular flexibility index (Phi) is 4.24. The van der Waals surface area contributed by atoms with Crippen molar-refractivity contribution in [3.63, 3.8) is 0 Å². The Hall–Kier alpha value is -2.14. The van der Waals surface area contributed by atoms with Gasteiger partial charge in [0.2, 0.25) is 11.8 Å². The molecule has 1 aromatic heterocycles. The van der Waals surface area contributed by atoms with E-state index in [-0.39, 0.29) is 11.8 Å². The molecule has 2 heterocycles. The van der Waals surface area contributed by atoms with Gasteiger partial charge in [-0.1, -0.05) is 17.7 Å². The maximum Gasteiger partial charge on any atom is 0.226 e. The molecule has 0 unspecified atom stereocenters. The lowest BCUT2D eigenvalue weighted by atomic mass is 9.97. The molecule has 116 valence electrons. The molecule has 3 rings (SSSR count). The number of hydrogen-bond donors (Lipinski definition) is 1. The molecule has 5 heteroatoms. The van der Waals surface area contributed by atoms with Crippen molar-refractivity contribution in [2.24, 2.45) is 11.7 Å². The van der Waals surface area contributed by atoms with E-state index in [1.165, 1.54) is 5.56 Å². The number of aryl methyl sites for hydroxylation is 1. The fraction of sp³-hybridized carbons (Fsp3) is 0.412. The fourth-order valence-corrected chi connectivity index (χ4v) is 2.87. The number of nitrogens with zero attached hydrogens (tertiary/aromatic N) is 2. The van der Waals surface area contributed by atoms with Gasteiger partial charge in [0.05, 0.1) is 11.6 Å². The van der Waals surface area contributed by atoms with Crippen molar-refractivity contribution < 1.29 is 9.21 Å². The summed E-state index contributed by atoms with van der Waals surface area (Å²) < 4.78 is 5.58. The van der Waals surface area contributed by atoms with Crippen molar-refractivity contribution in [3.8, 4) is 11.5 Å². The van der Waals surface area contributed by atoms with Crippen LogP contribution in [0.3, 0.4) is 0 Å². The van der Waals surface area contributed by atoms with E-state index in [4.69, 9.17) is 10.2 Å². The first-order valence-corrected chi connectivity index (χ1v) is 7.65. The molecule has 1 amide bonds. The van der Waals surface area contributed by atoms with Crippen LogP contribution in [0.4, 0.5) is 0 Å². The lowest BCUT2D eigenvalue weighted by molar-refractivity contribution is -0.123. The Balaban J connectivity index is 1.66. The Morgan fingerprint density at radius 3 is 2.91 bits per heavy atom. The van der Waals surface area contributed by atoms with Crippen LogP contribution in [-0.4, -0.2) is 28.9 Å². The number of oxazole rings is 1. The molecule has 5 nitrogen and oxygen atoms in total. The van der Waals surface area contributed by atoms with Crippen molar-refractivity contribution >= 4 is 5.91 Å². The Morgan fingerprint density at radius 2 is 2.18 bits per heavy atom. The van der Waals surface area contributed by atoms with E-state index < -0.39 is 0 Å². The van der Waals surface area contributed by atoms with Gasteiger partial charge in [-0.3, -0.25) is 9.69 Å². The summed E-state index contributed by atoms with van der Waals surface area (Å²) in [5, 5.41) is 0. The number of likely N-dealkylation sites (tertiary alicyclic amines) is 1. The zero-order valence-corrected chi connectivity index (χ0v) is 12.8. The van der Waals surface area contributed by atoms with Gasteiger partial charge in [-0.15, -0.1) is 0 Å². The summed E-state index contributed by atoms with van der Waals surface area (Å²) in [7, 11) is 0. The highest BCUT2D eigenvalue weighted by Gasteiger charge is 2.24. The minimum atomic E-state index is -0.204. The SMILES string of the molecule is Cc1ccc(-c2nc(CN3CCC[C@H](C(N)=O)C3)co2)cc1. The van der Waals surface area contributed by atoms with Gasteiger partial charge in [0.15, 0.2) is 0 Å². The standard InChI is InChI=1S/C17H21N3O2/c1-12-4-6-13(7-5-12)17-19-15(11-22-17)10-20-8-2-3-14(9-20)16(18)21/h4-7,11,14H,2-3,8-10H2,1H3,(H2,18,21)/t14-/m0/s1. The number of carbonyl (C=O) groups excluding carboxylic acids is 1. The summed E-state index contributed by atoms with van der Waals surface area (Å²) >= 11 is 0. The average Bonchev–Trinajstić information content (AvgIpc) is 2.96. The highest BCUT2D eigenvalue weighted by atomic mass is 16.3. The normalized spacial score (nSPS) is 19.2. The summed E-state index contributed by atoms with van der Waals surface area (Å²) in [6.45, 7) is 4.42. The number of primary amides is 1. The summed E-state index contributed by atoms with van der Waals surface area (Å²) in [6.07, 6.45) is 3.58. The predicted molar refractivity (Wildman–Crippen MR) is 83.9 cm³/mol. The first-order chi connectivity index (χ1) is 10.6. The zero-order valence-electron chi connectivity index (χ0n) is 12.8. The fourth-order valence-electron chi connectivity index (χ4n) is 2.87. The van der Waals surface area contributed by atoms with Crippen LogP contribution in [-0.2, 0) is 11.3 Å². The highest BCUT2D eigenvalue weighted by molar-refractivity contribution is 5.76. The summed E-state index contributed by atoms with van der Waals surface area (Å²) in [6, 6.07) is 8.10. The Morgan fingerprint density at radius 1 is 1.41 bits per heavy atom. The molecule has 1 fully saturated rings. The number of benzene rings is 1. The lowest BCUT2D eigenvalue weighted by Gasteiger charge is -2.30. The maximum absolute atomic E-state index is 11.3. The molecule has 1 atom stereocenters. The van der Waals surface area contributed by atoms with E-state index in [9.17, 15) is 4.79 Å². The molecule has 2 aromatic rings. The van der Waals surface area contributed by atoms with Gasteiger partial charge in [0, 0.05) is 18.7 Å². The molecular weight excluding hydrogens is 278 g/mol. The number of rotatable bonds is 4. The van der Waals surface area contributed by atoms with Crippen LogP contribution in [0.2, 0.25) is 0 Å². The van der Waals surface area contributed by atoms with Gasteiger partial charge < -0.3 is 10.2 Å². The van der Waals surface area contributed by atoms with Crippen LogP contribution in [0.15, 0.2) is 34.9 Å². The average molecular weight is 299 g/mol. The van der Waals surface area contributed by atoms with Crippen molar-refractivity contribution in [2.45, 2.75) is 26.3 Å². The Labute approximate surface area is 130 Å². The van der Waals surface area contributed by atoms with Gasteiger partial charge in [0.1, 0.15) is 6.26 Å². The number of aromatic nitrogens is 1. The predicted octanol–water partition coefficient (Wildman–Crippen LogP) is 2.35. The number of hydrogen-bond acceptors (Lipinski definition) is 4. The third-order valence-electron chi connectivity index (χ3n) is 4.14. The molecule has 1 aromatic carbocycles. The third kappa shape index (κ3) is 3.36. The molecule has 0 bridgehead atoms. The Bertz CT molecular complexity index is 648. The molecule has 22 heavy (non-hydrogen) atoms. The van der Waals surface area contributed by atoms with Crippen LogP contribution in [0.5, 0.6) is 0 Å². The minimum Gasteiger partial charge on any atom is -0.444 e. The van der Waals surface area contributed by atoms with E-state index in [1.54, 1.807) is 6.26 Å². The van der Waals surface area contributed by atoms with Crippen molar-refractivity contribution in [1.29, 1.82) is 0 Å². The van der Waals surface area contributed by atoms with Crippen LogP contribution in [0, 0.1) is 12.8 Å². The number of amides is 1. The topological polar surface area (TPSA) is 72.4 Å². The molecule has 1 aliphatic heterocycles. The first-order valence-electron chi connectivity index (χ1n) is 7.65. The molecule has 2 N–H and O–H groups in total. The molecule has 0 spiro atoms. The van der Waals surface area contributed by atoms with Crippen LogP contribution < -0.4 is 5.73 Å². The van der Waals surface area contributed by atoms with E-state index in [1.807, 2.05) is 24.3 Å². The second-order valence-corrected chi connectivity index (χ2v) is 5.99. The number of nitrogens with two attached hydrogens (primary N) is 1. The van der Waals surface area contributed by atoms with Gasteiger partial charge in [-0.25, -0.2) is 4.98 Å². The summed E-state index contributed by atoms with van der Waals surface area (Å²) in [5.74, 6) is 0.390. The van der Waals surface area contributed by atoms with Crippen LogP contribution in [0.1, 0.15) is 24.1 Å². The first kappa shape index (κ1) is 14.8.